The Bertz CT molecular complexity index is 1160. The molecule has 0 atom stereocenters. The van der Waals surface area contributed by atoms with Gasteiger partial charge in [-0.3, -0.25) is 4.79 Å². The molecule has 5 nitrogen and oxygen atoms in total. The summed E-state index contributed by atoms with van der Waals surface area (Å²) >= 11 is 0. The van der Waals surface area contributed by atoms with Gasteiger partial charge in [-0.05, 0) is 23.6 Å². The van der Waals surface area contributed by atoms with Gasteiger partial charge in [0.05, 0.1) is 13.5 Å². The second kappa shape index (κ2) is 8.25. The Hall–Kier alpha value is -3.86. The van der Waals surface area contributed by atoms with Crippen LogP contribution in [-0.4, -0.2) is 30.3 Å². The summed E-state index contributed by atoms with van der Waals surface area (Å²) in [5, 5.41) is 8.57. The van der Waals surface area contributed by atoms with Gasteiger partial charge < -0.3 is 4.74 Å². The molecule has 148 valence electrons. The molecular formula is C25H20N2O3. The first-order valence-corrected chi connectivity index (χ1v) is 9.61. The first kappa shape index (κ1) is 19.5. The number of hydrogen-bond donors (Lipinski definition) is 0. The fourth-order valence-electron chi connectivity index (χ4n) is 3.61. The smallest absolute Gasteiger partial charge is 0.354 e. The summed E-state index contributed by atoms with van der Waals surface area (Å²) in [6.45, 7) is 1.86. The van der Waals surface area contributed by atoms with E-state index in [0.717, 1.165) is 27.8 Å². The molecule has 0 aliphatic heterocycles. The minimum absolute atomic E-state index is 0.0277. The molecule has 30 heavy (non-hydrogen) atoms. The van der Waals surface area contributed by atoms with Crippen LogP contribution in [0.3, 0.4) is 0 Å². The van der Waals surface area contributed by atoms with Gasteiger partial charge in [-0.15, -0.1) is 10.2 Å². The van der Waals surface area contributed by atoms with E-state index in [1.54, 1.807) is 12.1 Å². The van der Waals surface area contributed by atoms with Crippen LogP contribution in [0.4, 0.5) is 0 Å². The summed E-state index contributed by atoms with van der Waals surface area (Å²) in [6, 6.07) is 23.1. The van der Waals surface area contributed by atoms with Gasteiger partial charge in [0.2, 0.25) is 0 Å². The third-order valence-corrected chi connectivity index (χ3v) is 5.12. The average Bonchev–Trinajstić information content (AvgIpc) is 3.10. The number of ether oxygens (including phenoxy) is 1. The number of esters is 1. The van der Waals surface area contributed by atoms with E-state index in [4.69, 9.17) is 4.74 Å². The lowest BCUT2D eigenvalue weighted by Crippen LogP contribution is -2.20. The molecule has 0 fully saturated rings. The molecule has 1 aliphatic carbocycles. The lowest BCUT2D eigenvalue weighted by molar-refractivity contribution is -0.132. The second-order valence-electron chi connectivity index (χ2n) is 6.99. The summed E-state index contributed by atoms with van der Waals surface area (Å²) in [7, 11) is 1.27. The van der Waals surface area contributed by atoms with Crippen molar-refractivity contribution in [1.29, 1.82) is 0 Å². The summed E-state index contributed by atoms with van der Waals surface area (Å²) < 4.78 is 4.84. The first-order valence-electron chi connectivity index (χ1n) is 9.61. The van der Waals surface area contributed by atoms with Gasteiger partial charge in [0, 0.05) is 16.7 Å². The number of carbonyl (C=O) groups excluding carboxylic acids is 2. The Labute approximate surface area is 174 Å². The molecule has 0 saturated carbocycles. The van der Waals surface area contributed by atoms with Crippen LogP contribution in [0.25, 0.3) is 11.1 Å². The van der Waals surface area contributed by atoms with Gasteiger partial charge >= 0.3 is 5.97 Å². The van der Waals surface area contributed by atoms with E-state index in [2.05, 4.69) is 10.2 Å². The molecule has 0 amide bonds. The van der Waals surface area contributed by atoms with E-state index in [-0.39, 0.29) is 17.9 Å². The molecule has 0 saturated heterocycles. The van der Waals surface area contributed by atoms with Gasteiger partial charge in [-0.1, -0.05) is 72.8 Å². The maximum atomic E-state index is 12.8. The molecule has 0 radical (unpaired) electrons. The van der Waals surface area contributed by atoms with Crippen molar-refractivity contribution in [2.45, 2.75) is 13.3 Å². The normalized spacial score (nSPS) is 12.2. The fourth-order valence-corrected chi connectivity index (χ4v) is 3.61. The number of carbonyl (C=O) groups is 2. The number of hydrogen-bond acceptors (Lipinski definition) is 5. The lowest BCUT2D eigenvalue weighted by Gasteiger charge is -2.06. The van der Waals surface area contributed by atoms with E-state index in [1.807, 2.05) is 67.6 Å². The van der Waals surface area contributed by atoms with Crippen LogP contribution in [0.1, 0.15) is 33.5 Å². The standard InChI is InChI=1S/C25H20N2O3/c1-16-9-3-4-10-17(16)23(28)15-22(25(29)30-2)26-27-24-20-13-7-5-11-18(20)19-12-6-8-14-21(19)24/h3-14H,15H2,1-2H3. The number of nitrogens with zero attached hydrogens (tertiary/aromatic N) is 2. The highest BCUT2D eigenvalue weighted by Crippen LogP contribution is 2.36. The number of benzene rings is 3. The maximum absolute atomic E-state index is 12.8. The Kier molecular flexibility index (Phi) is 5.35. The van der Waals surface area contributed by atoms with Crippen LogP contribution in [0.5, 0.6) is 0 Å². The SMILES string of the molecule is COC(=O)C(CC(=O)c1ccccc1C)=NN=C1c2ccccc2-c2ccccc21. The van der Waals surface area contributed by atoms with Crippen molar-refractivity contribution in [3.05, 3.63) is 95.1 Å². The fraction of sp³-hybridized carbons (Fsp3) is 0.120. The van der Waals surface area contributed by atoms with Crippen LogP contribution in [0.2, 0.25) is 0 Å². The van der Waals surface area contributed by atoms with E-state index in [9.17, 15) is 9.59 Å². The monoisotopic (exact) mass is 396 g/mol. The third kappa shape index (κ3) is 3.57. The molecule has 5 heteroatoms. The predicted molar refractivity (Wildman–Crippen MR) is 117 cm³/mol. The van der Waals surface area contributed by atoms with Crippen LogP contribution in [0.15, 0.2) is 83.0 Å². The Morgan fingerprint density at radius 2 is 1.33 bits per heavy atom. The van der Waals surface area contributed by atoms with Gasteiger partial charge in [0.1, 0.15) is 5.71 Å². The lowest BCUT2D eigenvalue weighted by atomic mass is 10.0. The van der Waals surface area contributed by atoms with Crippen LogP contribution < -0.4 is 0 Å². The van der Waals surface area contributed by atoms with Gasteiger partial charge in [-0.2, -0.15) is 0 Å². The van der Waals surface area contributed by atoms with Crippen LogP contribution in [-0.2, 0) is 9.53 Å². The van der Waals surface area contributed by atoms with Crippen molar-refractivity contribution in [3.63, 3.8) is 0 Å². The zero-order valence-corrected chi connectivity index (χ0v) is 16.8. The Morgan fingerprint density at radius 1 is 0.800 bits per heavy atom. The zero-order valence-electron chi connectivity index (χ0n) is 16.8. The highest BCUT2D eigenvalue weighted by atomic mass is 16.5. The van der Waals surface area contributed by atoms with Crippen LogP contribution >= 0.6 is 0 Å². The van der Waals surface area contributed by atoms with Crippen molar-refractivity contribution in [1.82, 2.24) is 0 Å². The topological polar surface area (TPSA) is 68.1 Å². The zero-order chi connectivity index (χ0) is 21.1. The van der Waals surface area contributed by atoms with Crippen molar-refractivity contribution in [2.24, 2.45) is 10.2 Å². The molecule has 3 aromatic rings. The number of ketones is 1. The molecule has 0 unspecified atom stereocenters. The number of aryl methyl sites for hydroxylation is 1. The number of rotatable bonds is 5. The average molecular weight is 396 g/mol. The molecule has 0 bridgehead atoms. The molecule has 4 rings (SSSR count). The maximum Gasteiger partial charge on any atom is 0.354 e. The van der Waals surface area contributed by atoms with Crippen molar-refractivity contribution in [3.8, 4) is 11.1 Å². The first-order chi connectivity index (χ1) is 14.6. The summed E-state index contributed by atoms with van der Waals surface area (Å²) in [5.41, 5.74) is 6.06. The molecular weight excluding hydrogens is 376 g/mol. The van der Waals surface area contributed by atoms with Gasteiger partial charge in [-0.25, -0.2) is 4.79 Å². The van der Waals surface area contributed by atoms with E-state index < -0.39 is 5.97 Å². The molecule has 0 aromatic heterocycles. The number of methoxy groups -OCH3 is 1. The molecule has 0 heterocycles. The van der Waals surface area contributed by atoms with Crippen molar-refractivity contribution in [2.75, 3.05) is 7.11 Å². The predicted octanol–water partition coefficient (Wildman–Crippen LogP) is 4.61. The van der Waals surface area contributed by atoms with E-state index in [1.165, 1.54) is 7.11 Å². The number of Topliss-reactive ketones (excluding diaryl/α,β-unsaturated/α-hetero) is 1. The third-order valence-electron chi connectivity index (χ3n) is 5.12. The molecule has 3 aromatic carbocycles. The molecule has 0 spiro atoms. The molecule has 1 aliphatic rings. The minimum atomic E-state index is -0.666. The molecule has 0 N–H and O–H groups in total. The summed E-state index contributed by atoms with van der Waals surface area (Å²) in [4.78, 5) is 25.0. The van der Waals surface area contributed by atoms with Gasteiger partial charge in [0.15, 0.2) is 11.5 Å². The quantitative estimate of drug-likeness (QED) is 0.214. The summed E-state index contributed by atoms with van der Waals surface area (Å²) in [6.07, 6.45) is -0.183. The summed E-state index contributed by atoms with van der Waals surface area (Å²) in [5.74, 6) is -0.870. The van der Waals surface area contributed by atoms with E-state index in [0.29, 0.717) is 11.3 Å². The highest BCUT2D eigenvalue weighted by molar-refractivity contribution is 6.41. The highest BCUT2D eigenvalue weighted by Gasteiger charge is 2.25. The van der Waals surface area contributed by atoms with Crippen LogP contribution in [0, 0.1) is 6.92 Å². The minimum Gasteiger partial charge on any atom is -0.464 e. The van der Waals surface area contributed by atoms with Crippen molar-refractivity contribution < 1.29 is 14.3 Å². The second-order valence-corrected chi connectivity index (χ2v) is 6.99. The Balaban J connectivity index is 1.73. The Morgan fingerprint density at radius 3 is 1.90 bits per heavy atom. The van der Waals surface area contributed by atoms with Crippen molar-refractivity contribution >= 4 is 23.2 Å². The van der Waals surface area contributed by atoms with E-state index >= 15 is 0 Å². The van der Waals surface area contributed by atoms with Gasteiger partial charge in [0.25, 0.3) is 0 Å². The number of fused-ring (bicyclic) bond motifs is 3. The largest absolute Gasteiger partial charge is 0.464 e.